The number of carbonyl (C=O) groups excluding carboxylic acids is 2. The smallest absolute Gasteiger partial charge is 0.295 e. The van der Waals surface area contributed by atoms with Crippen LogP contribution in [0.15, 0.2) is 84.4 Å². The number of benzene rings is 3. The summed E-state index contributed by atoms with van der Waals surface area (Å²) < 4.78 is 13.4. The van der Waals surface area contributed by atoms with E-state index in [1.807, 2.05) is 37.3 Å². The van der Waals surface area contributed by atoms with E-state index in [9.17, 15) is 19.1 Å². The number of carbonyl (C=O) groups is 2. The van der Waals surface area contributed by atoms with Gasteiger partial charge >= 0.3 is 0 Å². The first-order valence-corrected chi connectivity index (χ1v) is 10.6. The lowest BCUT2D eigenvalue weighted by molar-refractivity contribution is -0.140. The van der Waals surface area contributed by atoms with Crippen molar-refractivity contribution in [3.05, 3.63) is 113 Å². The maximum Gasteiger partial charge on any atom is 0.295 e. The van der Waals surface area contributed by atoms with Gasteiger partial charge in [0.25, 0.3) is 11.7 Å². The first kappa shape index (κ1) is 20.7. The molecule has 0 aliphatic carbocycles. The Morgan fingerprint density at radius 3 is 2.36 bits per heavy atom. The molecule has 0 bridgehead atoms. The third-order valence-corrected chi connectivity index (χ3v) is 6.07. The van der Waals surface area contributed by atoms with Crippen LogP contribution >= 0.6 is 0 Å². The van der Waals surface area contributed by atoms with Gasteiger partial charge in [-0.15, -0.1) is 0 Å². The minimum atomic E-state index is -0.800. The van der Waals surface area contributed by atoms with Crippen LogP contribution in [0.1, 0.15) is 28.4 Å². The number of fused-ring (bicyclic) bond motifs is 1. The number of ketones is 1. The minimum absolute atomic E-state index is 0.0427. The molecule has 1 unspecified atom stereocenters. The van der Waals surface area contributed by atoms with Crippen LogP contribution in [-0.2, 0) is 16.1 Å². The highest BCUT2D eigenvalue weighted by atomic mass is 19.1. The third kappa shape index (κ3) is 3.49. The van der Waals surface area contributed by atoms with Crippen molar-refractivity contribution in [2.24, 2.45) is 0 Å². The molecule has 4 aromatic rings. The molecule has 5 nitrogen and oxygen atoms in total. The van der Waals surface area contributed by atoms with Crippen LogP contribution < -0.4 is 0 Å². The molecule has 3 aromatic carbocycles. The van der Waals surface area contributed by atoms with E-state index in [0.29, 0.717) is 11.1 Å². The molecule has 5 rings (SSSR count). The van der Waals surface area contributed by atoms with Crippen molar-refractivity contribution in [2.75, 3.05) is 0 Å². The van der Waals surface area contributed by atoms with E-state index in [4.69, 9.17) is 0 Å². The lowest BCUT2D eigenvalue weighted by atomic mass is 9.93. The Bertz CT molecular complexity index is 1400. The number of likely N-dealkylation sites (tertiary alicyclic amines) is 1. The van der Waals surface area contributed by atoms with Gasteiger partial charge in [0.15, 0.2) is 0 Å². The number of aliphatic hydroxyl groups is 1. The van der Waals surface area contributed by atoms with E-state index in [1.165, 1.54) is 17.0 Å². The number of rotatable bonds is 4. The van der Waals surface area contributed by atoms with Gasteiger partial charge in [-0.2, -0.15) is 0 Å². The monoisotopic (exact) mass is 440 g/mol. The van der Waals surface area contributed by atoms with Crippen molar-refractivity contribution in [3.8, 4) is 0 Å². The zero-order valence-electron chi connectivity index (χ0n) is 17.9. The molecular formula is C27H21FN2O3. The van der Waals surface area contributed by atoms with E-state index in [1.54, 1.807) is 36.4 Å². The lowest BCUT2D eigenvalue weighted by Gasteiger charge is -2.26. The van der Waals surface area contributed by atoms with Gasteiger partial charge in [0.1, 0.15) is 11.6 Å². The van der Waals surface area contributed by atoms with Gasteiger partial charge in [-0.25, -0.2) is 4.39 Å². The van der Waals surface area contributed by atoms with Crippen LogP contribution in [0.5, 0.6) is 0 Å². The van der Waals surface area contributed by atoms with Gasteiger partial charge < -0.3 is 15.0 Å². The predicted molar refractivity (Wildman–Crippen MR) is 124 cm³/mol. The number of aromatic nitrogens is 1. The van der Waals surface area contributed by atoms with Crippen LogP contribution in [0.4, 0.5) is 4.39 Å². The Hall–Kier alpha value is -4.19. The van der Waals surface area contributed by atoms with Crippen LogP contribution in [-0.4, -0.2) is 26.7 Å². The van der Waals surface area contributed by atoms with E-state index < -0.39 is 17.7 Å². The van der Waals surface area contributed by atoms with Crippen molar-refractivity contribution >= 4 is 28.4 Å². The van der Waals surface area contributed by atoms with Gasteiger partial charge in [-0.3, -0.25) is 9.59 Å². The summed E-state index contributed by atoms with van der Waals surface area (Å²) >= 11 is 0. The number of Topliss-reactive ketones (excluding diaryl/α,β-unsaturated/α-hetero) is 1. The Morgan fingerprint density at radius 1 is 0.970 bits per heavy atom. The molecule has 2 N–H and O–H groups in total. The fourth-order valence-corrected chi connectivity index (χ4v) is 4.53. The maximum atomic E-state index is 13.4. The summed E-state index contributed by atoms with van der Waals surface area (Å²) in [6.45, 7) is 1.98. The lowest BCUT2D eigenvalue weighted by Crippen LogP contribution is -2.29. The first-order valence-electron chi connectivity index (χ1n) is 10.6. The molecule has 1 aliphatic rings. The molecular weight excluding hydrogens is 419 g/mol. The fourth-order valence-electron chi connectivity index (χ4n) is 4.53. The molecule has 6 heteroatoms. The number of H-pyrrole nitrogens is 1. The molecule has 0 spiro atoms. The van der Waals surface area contributed by atoms with Crippen LogP contribution in [0.3, 0.4) is 0 Å². The number of amides is 1. The summed E-state index contributed by atoms with van der Waals surface area (Å²) in [6.07, 6.45) is 0. The Morgan fingerprint density at radius 2 is 1.64 bits per heavy atom. The first-order chi connectivity index (χ1) is 16.0. The van der Waals surface area contributed by atoms with E-state index in [-0.39, 0.29) is 23.7 Å². The molecule has 2 heterocycles. The van der Waals surface area contributed by atoms with Crippen molar-refractivity contribution in [2.45, 2.75) is 19.5 Å². The quantitative estimate of drug-likeness (QED) is 0.259. The number of aryl methyl sites for hydroxylation is 1. The highest BCUT2D eigenvalue weighted by Gasteiger charge is 2.47. The average Bonchev–Trinajstić information content (AvgIpc) is 3.28. The zero-order chi connectivity index (χ0) is 23.1. The summed E-state index contributed by atoms with van der Waals surface area (Å²) in [5.74, 6) is -2.04. The topological polar surface area (TPSA) is 73.4 Å². The van der Waals surface area contributed by atoms with Crippen LogP contribution in [0, 0.1) is 12.7 Å². The molecule has 1 aliphatic heterocycles. The Kier molecular flexibility index (Phi) is 5.05. The summed E-state index contributed by atoms with van der Waals surface area (Å²) in [5, 5.41) is 12.0. The second kappa shape index (κ2) is 8.06. The number of nitrogens with one attached hydrogen (secondary N) is 1. The van der Waals surface area contributed by atoms with Crippen molar-refractivity contribution in [1.82, 2.24) is 9.88 Å². The summed E-state index contributed by atoms with van der Waals surface area (Å²) in [7, 11) is 0. The Balaban J connectivity index is 1.73. The maximum absolute atomic E-state index is 13.4. The highest BCUT2D eigenvalue weighted by molar-refractivity contribution is 6.46. The number of nitrogens with zero attached hydrogens (tertiary/aromatic N) is 1. The van der Waals surface area contributed by atoms with Gasteiger partial charge in [-0.1, -0.05) is 60.7 Å². The normalized spacial score (nSPS) is 17.8. The second-order valence-corrected chi connectivity index (χ2v) is 8.13. The summed E-state index contributed by atoms with van der Waals surface area (Å²) in [4.78, 5) is 31.2. The molecule has 164 valence electrons. The number of para-hydroxylation sites is 1. The van der Waals surface area contributed by atoms with Gasteiger partial charge in [0, 0.05) is 34.3 Å². The molecule has 1 saturated heterocycles. The third-order valence-electron chi connectivity index (χ3n) is 6.07. The van der Waals surface area contributed by atoms with E-state index >= 15 is 0 Å². The van der Waals surface area contributed by atoms with Gasteiger partial charge in [0.05, 0.1) is 11.6 Å². The molecule has 1 aromatic heterocycles. The number of hydrogen-bond donors (Lipinski definition) is 2. The highest BCUT2D eigenvalue weighted by Crippen LogP contribution is 2.44. The number of aliphatic hydroxyl groups excluding tert-OH is 1. The molecule has 1 atom stereocenters. The number of aromatic amines is 1. The number of hydrogen-bond acceptors (Lipinski definition) is 3. The summed E-state index contributed by atoms with van der Waals surface area (Å²) in [6, 6.07) is 21.4. The van der Waals surface area contributed by atoms with Crippen LogP contribution in [0.25, 0.3) is 16.7 Å². The zero-order valence-corrected chi connectivity index (χ0v) is 17.9. The largest absolute Gasteiger partial charge is 0.507 e. The molecule has 0 radical (unpaired) electrons. The number of halogens is 1. The molecule has 33 heavy (non-hydrogen) atoms. The SMILES string of the molecule is Cc1[nH]c2ccccc2c1C1/C(=C(\O)c2ccccc2)C(=O)C(=O)N1Cc1ccc(F)cc1. The summed E-state index contributed by atoms with van der Waals surface area (Å²) in [5.41, 5.74) is 3.61. The van der Waals surface area contributed by atoms with Crippen molar-refractivity contribution < 1.29 is 19.1 Å². The van der Waals surface area contributed by atoms with Gasteiger partial charge in [-0.05, 0) is 30.7 Å². The van der Waals surface area contributed by atoms with Gasteiger partial charge in [0.2, 0.25) is 0 Å². The van der Waals surface area contributed by atoms with Crippen molar-refractivity contribution in [3.63, 3.8) is 0 Å². The standard InChI is InChI=1S/C27H21FN2O3/c1-16-22(20-9-5-6-10-21(20)29-16)24-23(25(31)18-7-3-2-4-8-18)26(32)27(33)30(24)15-17-11-13-19(28)14-12-17/h2-14,24,29,31H,15H2,1H3/b25-23+. The Labute approximate surface area is 189 Å². The molecule has 1 fully saturated rings. The van der Waals surface area contributed by atoms with E-state index in [2.05, 4.69) is 4.98 Å². The predicted octanol–water partition coefficient (Wildman–Crippen LogP) is 5.24. The minimum Gasteiger partial charge on any atom is -0.507 e. The average molecular weight is 440 g/mol. The molecule has 0 saturated carbocycles. The van der Waals surface area contributed by atoms with Crippen molar-refractivity contribution in [1.29, 1.82) is 0 Å². The fraction of sp³-hybridized carbons (Fsp3) is 0.111. The van der Waals surface area contributed by atoms with Crippen LogP contribution in [0.2, 0.25) is 0 Å². The van der Waals surface area contributed by atoms with E-state index in [0.717, 1.165) is 22.2 Å². The molecule has 1 amide bonds. The second-order valence-electron chi connectivity index (χ2n) is 8.13.